The Morgan fingerprint density at radius 2 is 1.72 bits per heavy atom. The maximum atomic E-state index is 13.1. The first kappa shape index (κ1) is 19.9. The molecule has 2 aliphatic rings. The quantitative estimate of drug-likeness (QED) is 0.492. The fourth-order valence-electron chi connectivity index (χ4n) is 3.81. The highest BCUT2D eigenvalue weighted by Gasteiger charge is 2.35. The molecule has 1 aliphatic heterocycles. The van der Waals surface area contributed by atoms with E-state index in [2.05, 4.69) is 4.90 Å². The minimum atomic E-state index is -0.391. The summed E-state index contributed by atoms with van der Waals surface area (Å²) < 4.78 is 11.3. The zero-order valence-electron chi connectivity index (χ0n) is 15.9. The number of hydrogen-bond donors (Lipinski definition) is 1. The number of phenolic OH excluding ortho intramolecular Hbond substituents is 1. The number of morpholine rings is 1. The molecule has 2 aromatic carbocycles. The standard InChI is InChI=1S/C22H22ClNO5/c23-13-14-12-17(29-9-3-6-24-7-10-28-11-8-24)18-19(20(14)25)22(27)16-5-2-1-4-15(16)21(18)26/h1-2,4-5,12,25H,3,6-11,13H2. The van der Waals surface area contributed by atoms with Crippen molar-refractivity contribution < 1.29 is 24.2 Å². The fourth-order valence-corrected chi connectivity index (χ4v) is 4.01. The molecule has 1 N–H and O–H groups in total. The van der Waals surface area contributed by atoms with Crippen molar-refractivity contribution in [1.29, 1.82) is 0 Å². The van der Waals surface area contributed by atoms with E-state index in [9.17, 15) is 14.7 Å². The van der Waals surface area contributed by atoms with Gasteiger partial charge < -0.3 is 14.6 Å². The van der Waals surface area contributed by atoms with Crippen LogP contribution in [0.2, 0.25) is 0 Å². The molecule has 0 spiro atoms. The summed E-state index contributed by atoms with van der Waals surface area (Å²) in [7, 11) is 0. The van der Waals surface area contributed by atoms with Gasteiger partial charge in [-0.3, -0.25) is 14.5 Å². The molecule has 0 saturated carbocycles. The second-order valence-electron chi connectivity index (χ2n) is 7.13. The van der Waals surface area contributed by atoms with E-state index in [0.717, 1.165) is 39.3 Å². The second-order valence-corrected chi connectivity index (χ2v) is 7.39. The summed E-state index contributed by atoms with van der Waals surface area (Å²) in [5.74, 6) is -0.661. The van der Waals surface area contributed by atoms with Gasteiger partial charge in [0.15, 0.2) is 11.6 Å². The monoisotopic (exact) mass is 415 g/mol. The number of ether oxygens (including phenoxy) is 2. The minimum Gasteiger partial charge on any atom is -0.507 e. The van der Waals surface area contributed by atoms with E-state index in [1.807, 2.05) is 0 Å². The molecule has 152 valence electrons. The van der Waals surface area contributed by atoms with Crippen molar-refractivity contribution in [3.63, 3.8) is 0 Å². The van der Waals surface area contributed by atoms with Crippen LogP contribution < -0.4 is 4.74 Å². The van der Waals surface area contributed by atoms with E-state index >= 15 is 0 Å². The number of alkyl halides is 1. The number of halogens is 1. The normalized spacial score (nSPS) is 16.4. The third kappa shape index (κ3) is 3.75. The molecule has 0 radical (unpaired) electrons. The molecule has 1 fully saturated rings. The Morgan fingerprint density at radius 1 is 1.07 bits per heavy atom. The zero-order chi connectivity index (χ0) is 20.4. The number of hydrogen-bond acceptors (Lipinski definition) is 6. The van der Waals surface area contributed by atoms with Crippen molar-refractivity contribution in [3.05, 3.63) is 58.1 Å². The van der Waals surface area contributed by atoms with Crippen LogP contribution in [0.1, 0.15) is 43.8 Å². The Kier molecular flexibility index (Phi) is 5.85. The molecule has 1 aliphatic carbocycles. The van der Waals surface area contributed by atoms with Crippen molar-refractivity contribution >= 4 is 23.2 Å². The van der Waals surface area contributed by atoms with Gasteiger partial charge in [-0.2, -0.15) is 0 Å². The summed E-state index contributed by atoms with van der Waals surface area (Å²) in [5, 5.41) is 10.6. The van der Waals surface area contributed by atoms with E-state index in [1.54, 1.807) is 30.3 Å². The first-order chi connectivity index (χ1) is 14.1. The largest absolute Gasteiger partial charge is 0.507 e. The number of rotatable bonds is 6. The number of phenols is 1. The molecule has 0 unspecified atom stereocenters. The molecule has 2 aromatic rings. The summed E-state index contributed by atoms with van der Waals surface area (Å²) in [5.41, 5.74) is 1.07. The Hall–Kier alpha value is -2.41. The van der Waals surface area contributed by atoms with Crippen LogP contribution in [0, 0.1) is 0 Å². The van der Waals surface area contributed by atoms with Crippen LogP contribution in [0.5, 0.6) is 11.5 Å². The van der Waals surface area contributed by atoms with Gasteiger partial charge in [0.1, 0.15) is 11.5 Å². The molecule has 1 heterocycles. The lowest BCUT2D eigenvalue weighted by Crippen LogP contribution is -2.37. The topological polar surface area (TPSA) is 76.1 Å². The second kappa shape index (κ2) is 8.53. The molecule has 1 saturated heterocycles. The van der Waals surface area contributed by atoms with Crippen molar-refractivity contribution in [2.24, 2.45) is 0 Å². The molecule has 6 nitrogen and oxygen atoms in total. The molecular weight excluding hydrogens is 394 g/mol. The van der Waals surface area contributed by atoms with Crippen molar-refractivity contribution in [2.75, 3.05) is 39.5 Å². The van der Waals surface area contributed by atoms with E-state index in [-0.39, 0.29) is 34.1 Å². The first-order valence-corrected chi connectivity index (χ1v) is 10.2. The average Bonchev–Trinajstić information content (AvgIpc) is 2.76. The number of carbonyl (C=O) groups excluding carboxylic acids is 2. The Balaban J connectivity index is 1.61. The third-order valence-electron chi connectivity index (χ3n) is 5.34. The van der Waals surface area contributed by atoms with Gasteiger partial charge in [0, 0.05) is 36.3 Å². The molecule has 0 amide bonds. The van der Waals surface area contributed by atoms with Crippen LogP contribution in [0.4, 0.5) is 0 Å². The number of aromatic hydroxyl groups is 1. The summed E-state index contributed by atoms with van der Waals surface area (Å²) in [6, 6.07) is 8.18. The number of ketones is 2. The summed E-state index contributed by atoms with van der Waals surface area (Å²) in [6.07, 6.45) is 0.768. The average molecular weight is 416 g/mol. The molecule has 0 atom stereocenters. The van der Waals surface area contributed by atoms with Crippen LogP contribution in [0.25, 0.3) is 0 Å². The minimum absolute atomic E-state index is 0.00632. The van der Waals surface area contributed by atoms with Gasteiger partial charge in [0.25, 0.3) is 0 Å². The first-order valence-electron chi connectivity index (χ1n) is 9.68. The number of fused-ring (bicyclic) bond motifs is 2. The molecule has 29 heavy (non-hydrogen) atoms. The van der Waals surface area contributed by atoms with Gasteiger partial charge in [-0.25, -0.2) is 0 Å². The summed E-state index contributed by atoms with van der Waals surface area (Å²) in [4.78, 5) is 28.4. The summed E-state index contributed by atoms with van der Waals surface area (Å²) in [6.45, 7) is 4.52. The maximum Gasteiger partial charge on any atom is 0.198 e. The highest BCUT2D eigenvalue weighted by molar-refractivity contribution is 6.30. The van der Waals surface area contributed by atoms with Gasteiger partial charge in [-0.05, 0) is 12.5 Å². The highest BCUT2D eigenvalue weighted by atomic mass is 35.5. The van der Waals surface area contributed by atoms with Gasteiger partial charge in [-0.1, -0.05) is 24.3 Å². The van der Waals surface area contributed by atoms with Gasteiger partial charge >= 0.3 is 0 Å². The SMILES string of the molecule is O=C1c2ccccc2C(=O)c2c(O)c(CCl)cc(OCCCN3CCOCC3)c21. The van der Waals surface area contributed by atoms with E-state index in [1.165, 1.54) is 0 Å². The van der Waals surface area contributed by atoms with Crippen molar-refractivity contribution in [1.82, 2.24) is 4.90 Å². The van der Waals surface area contributed by atoms with Crippen LogP contribution in [0.15, 0.2) is 30.3 Å². The van der Waals surface area contributed by atoms with E-state index < -0.39 is 5.78 Å². The lowest BCUT2D eigenvalue weighted by Gasteiger charge is -2.26. The predicted molar refractivity (Wildman–Crippen MR) is 108 cm³/mol. The van der Waals surface area contributed by atoms with Crippen LogP contribution >= 0.6 is 11.6 Å². The van der Waals surface area contributed by atoms with Gasteiger partial charge in [0.2, 0.25) is 0 Å². The molecule has 4 rings (SSSR count). The molecule has 0 aromatic heterocycles. The third-order valence-corrected chi connectivity index (χ3v) is 5.62. The number of nitrogens with zero attached hydrogens (tertiary/aromatic N) is 1. The van der Waals surface area contributed by atoms with Crippen molar-refractivity contribution in [3.8, 4) is 11.5 Å². The van der Waals surface area contributed by atoms with E-state index in [4.69, 9.17) is 21.1 Å². The predicted octanol–water partition coefficient (Wildman–Crippen LogP) is 3.01. The lowest BCUT2D eigenvalue weighted by molar-refractivity contribution is 0.0357. The molecule has 0 bridgehead atoms. The molecule has 7 heteroatoms. The Morgan fingerprint density at radius 3 is 2.38 bits per heavy atom. The fraction of sp³-hybridized carbons (Fsp3) is 0.364. The van der Waals surface area contributed by atoms with Crippen LogP contribution in [0.3, 0.4) is 0 Å². The Bertz CT molecular complexity index is 952. The maximum absolute atomic E-state index is 13.1. The summed E-state index contributed by atoms with van der Waals surface area (Å²) >= 11 is 5.96. The van der Waals surface area contributed by atoms with Crippen LogP contribution in [-0.4, -0.2) is 61.0 Å². The number of carbonyl (C=O) groups is 2. The van der Waals surface area contributed by atoms with Crippen LogP contribution in [-0.2, 0) is 10.6 Å². The number of benzene rings is 2. The molecular formula is C22H22ClNO5. The van der Waals surface area contributed by atoms with Crippen molar-refractivity contribution in [2.45, 2.75) is 12.3 Å². The zero-order valence-corrected chi connectivity index (χ0v) is 16.7. The van der Waals surface area contributed by atoms with E-state index in [0.29, 0.717) is 23.5 Å². The van der Waals surface area contributed by atoms with Gasteiger partial charge in [-0.15, -0.1) is 11.6 Å². The smallest absolute Gasteiger partial charge is 0.198 e. The van der Waals surface area contributed by atoms with Gasteiger partial charge in [0.05, 0.1) is 36.8 Å². The lowest BCUT2D eigenvalue weighted by atomic mass is 9.82. The Labute approximate surface area is 174 Å². The highest BCUT2D eigenvalue weighted by Crippen LogP contribution is 2.41.